The highest BCUT2D eigenvalue weighted by Crippen LogP contribution is 2.21. The van der Waals surface area contributed by atoms with Gasteiger partial charge in [-0.15, -0.1) is 0 Å². The lowest BCUT2D eigenvalue weighted by molar-refractivity contribution is 0.108. The number of piperazine rings is 1. The van der Waals surface area contributed by atoms with Crippen molar-refractivity contribution in [2.45, 2.75) is 19.5 Å². The summed E-state index contributed by atoms with van der Waals surface area (Å²) in [4.78, 5) is 13.3. The van der Waals surface area contributed by atoms with Gasteiger partial charge < -0.3 is 0 Å². The van der Waals surface area contributed by atoms with Crippen molar-refractivity contribution in [3.8, 4) is 6.07 Å². The SMILES string of the molecule is Cc1cnc(CN2CCN(C(C#N)c3ccccc3)CC2)cn1. The Morgan fingerprint density at radius 3 is 2.43 bits per heavy atom. The van der Waals surface area contributed by atoms with Crippen LogP contribution in [-0.4, -0.2) is 45.9 Å². The molecule has 23 heavy (non-hydrogen) atoms. The quantitative estimate of drug-likeness (QED) is 0.866. The highest BCUT2D eigenvalue weighted by Gasteiger charge is 2.24. The average Bonchev–Trinajstić information content (AvgIpc) is 2.60. The third-order valence-electron chi connectivity index (χ3n) is 4.23. The number of rotatable bonds is 4. The molecule has 5 heteroatoms. The minimum absolute atomic E-state index is 0.155. The first-order valence-corrected chi connectivity index (χ1v) is 7.95. The Hall–Kier alpha value is -2.29. The molecular weight excluding hydrogens is 286 g/mol. The molecule has 2 heterocycles. The van der Waals surface area contributed by atoms with Gasteiger partial charge in [0.15, 0.2) is 0 Å². The van der Waals surface area contributed by atoms with Crippen molar-refractivity contribution >= 4 is 0 Å². The molecule has 1 aliphatic rings. The summed E-state index contributed by atoms with van der Waals surface area (Å²) in [5, 5.41) is 9.54. The summed E-state index contributed by atoms with van der Waals surface area (Å²) in [7, 11) is 0. The monoisotopic (exact) mass is 307 g/mol. The maximum Gasteiger partial charge on any atom is 0.123 e. The Kier molecular flexibility index (Phi) is 4.96. The first-order chi connectivity index (χ1) is 11.3. The van der Waals surface area contributed by atoms with E-state index in [9.17, 15) is 5.26 Å². The Bertz CT molecular complexity index is 654. The third-order valence-corrected chi connectivity index (χ3v) is 4.23. The summed E-state index contributed by atoms with van der Waals surface area (Å²) in [6.07, 6.45) is 3.66. The van der Waals surface area contributed by atoms with Crippen molar-refractivity contribution in [3.05, 3.63) is 59.7 Å². The number of benzene rings is 1. The number of nitrogens with zero attached hydrogens (tertiary/aromatic N) is 5. The van der Waals surface area contributed by atoms with Crippen LogP contribution in [0.5, 0.6) is 0 Å². The van der Waals surface area contributed by atoms with E-state index in [1.54, 1.807) is 0 Å². The van der Waals surface area contributed by atoms with Crippen molar-refractivity contribution in [2.75, 3.05) is 26.2 Å². The van der Waals surface area contributed by atoms with Gasteiger partial charge in [0.2, 0.25) is 0 Å². The molecule has 0 aliphatic carbocycles. The fraction of sp³-hybridized carbons (Fsp3) is 0.389. The van der Waals surface area contributed by atoms with Gasteiger partial charge in [0.05, 0.1) is 17.5 Å². The highest BCUT2D eigenvalue weighted by molar-refractivity contribution is 5.24. The lowest BCUT2D eigenvalue weighted by atomic mass is 10.1. The van der Waals surface area contributed by atoms with Crippen LogP contribution in [0.1, 0.15) is 23.0 Å². The van der Waals surface area contributed by atoms with Crippen molar-refractivity contribution in [1.29, 1.82) is 5.26 Å². The van der Waals surface area contributed by atoms with Crippen molar-refractivity contribution < 1.29 is 0 Å². The van der Waals surface area contributed by atoms with E-state index in [0.717, 1.165) is 49.7 Å². The van der Waals surface area contributed by atoms with E-state index < -0.39 is 0 Å². The number of hydrogen-bond donors (Lipinski definition) is 0. The molecular formula is C18H21N5. The van der Waals surface area contributed by atoms with E-state index in [1.807, 2.05) is 49.6 Å². The number of aromatic nitrogens is 2. The number of hydrogen-bond acceptors (Lipinski definition) is 5. The summed E-state index contributed by atoms with van der Waals surface area (Å²) >= 11 is 0. The summed E-state index contributed by atoms with van der Waals surface area (Å²) in [5.41, 5.74) is 3.02. The molecule has 0 N–H and O–H groups in total. The molecule has 0 spiro atoms. The van der Waals surface area contributed by atoms with E-state index in [0.29, 0.717) is 0 Å². The van der Waals surface area contributed by atoms with E-state index >= 15 is 0 Å². The first-order valence-electron chi connectivity index (χ1n) is 7.95. The van der Waals surface area contributed by atoms with Gasteiger partial charge in [-0.05, 0) is 12.5 Å². The fourth-order valence-corrected chi connectivity index (χ4v) is 2.91. The van der Waals surface area contributed by atoms with E-state index in [1.165, 1.54) is 0 Å². The maximum atomic E-state index is 9.54. The Balaban J connectivity index is 1.57. The van der Waals surface area contributed by atoms with E-state index in [2.05, 4.69) is 25.8 Å². The standard InChI is InChI=1S/C18H21N5/c1-15-12-21-17(13-20-15)14-22-7-9-23(10-8-22)18(11-19)16-5-3-2-4-6-16/h2-6,12-13,18H,7-10,14H2,1H3. The second-order valence-electron chi connectivity index (χ2n) is 5.90. The predicted octanol–water partition coefficient (Wildman–Crippen LogP) is 2.17. The van der Waals surface area contributed by atoms with Crippen LogP contribution in [0.25, 0.3) is 0 Å². The molecule has 0 amide bonds. The molecule has 118 valence electrons. The van der Waals surface area contributed by atoms with Crippen LogP contribution in [0.2, 0.25) is 0 Å². The zero-order chi connectivity index (χ0) is 16.1. The van der Waals surface area contributed by atoms with Crippen LogP contribution in [0.15, 0.2) is 42.7 Å². The molecule has 1 saturated heterocycles. The Morgan fingerprint density at radius 1 is 1.09 bits per heavy atom. The summed E-state index contributed by atoms with van der Waals surface area (Å²) in [6.45, 7) is 6.45. The molecule has 1 fully saturated rings. The topological polar surface area (TPSA) is 56.1 Å². The lowest BCUT2D eigenvalue weighted by Gasteiger charge is -2.36. The van der Waals surface area contributed by atoms with Crippen LogP contribution < -0.4 is 0 Å². The summed E-state index contributed by atoms with van der Waals surface area (Å²) < 4.78 is 0. The van der Waals surface area contributed by atoms with Crippen LogP contribution in [0.4, 0.5) is 0 Å². The van der Waals surface area contributed by atoms with E-state index in [4.69, 9.17) is 0 Å². The fourth-order valence-electron chi connectivity index (χ4n) is 2.91. The van der Waals surface area contributed by atoms with Crippen molar-refractivity contribution in [2.24, 2.45) is 0 Å². The van der Waals surface area contributed by atoms with Gasteiger partial charge in [-0.3, -0.25) is 19.8 Å². The largest absolute Gasteiger partial charge is 0.295 e. The molecule has 0 bridgehead atoms. The van der Waals surface area contributed by atoms with Crippen molar-refractivity contribution in [1.82, 2.24) is 19.8 Å². The van der Waals surface area contributed by atoms with Gasteiger partial charge >= 0.3 is 0 Å². The molecule has 0 radical (unpaired) electrons. The van der Waals surface area contributed by atoms with Gasteiger partial charge in [0.25, 0.3) is 0 Å². The number of nitriles is 1. The minimum Gasteiger partial charge on any atom is -0.295 e. The first kappa shape index (κ1) is 15.6. The average molecular weight is 307 g/mol. The van der Waals surface area contributed by atoms with E-state index in [-0.39, 0.29) is 6.04 Å². The molecule has 2 aromatic rings. The highest BCUT2D eigenvalue weighted by atomic mass is 15.3. The maximum absolute atomic E-state index is 9.54. The van der Waals surface area contributed by atoms with Gasteiger partial charge in [-0.2, -0.15) is 5.26 Å². The van der Waals surface area contributed by atoms with Gasteiger partial charge in [0.1, 0.15) is 6.04 Å². The van der Waals surface area contributed by atoms with Crippen LogP contribution in [0.3, 0.4) is 0 Å². The normalized spacial score (nSPS) is 17.6. The smallest absolute Gasteiger partial charge is 0.123 e. The predicted molar refractivity (Wildman–Crippen MR) is 88.4 cm³/mol. The second-order valence-corrected chi connectivity index (χ2v) is 5.90. The third kappa shape index (κ3) is 3.92. The molecule has 0 saturated carbocycles. The minimum atomic E-state index is -0.155. The summed E-state index contributed by atoms with van der Waals surface area (Å²) in [5.74, 6) is 0. The van der Waals surface area contributed by atoms with Gasteiger partial charge in [0, 0.05) is 45.1 Å². The van der Waals surface area contributed by atoms with Crippen LogP contribution in [-0.2, 0) is 6.54 Å². The second kappa shape index (κ2) is 7.32. The van der Waals surface area contributed by atoms with Crippen LogP contribution in [0, 0.1) is 18.3 Å². The molecule has 1 aromatic heterocycles. The molecule has 1 aromatic carbocycles. The van der Waals surface area contributed by atoms with Gasteiger partial charge in [-0.1, -0.05) is 30.3 Å². The summed E-state index contributed by atoms with van der Waals surface area (Å²) in [6, 6.07) is 12.3. The van der Waals surface area contributed by atoms with Gasteiger partial charge in [-0.25, -0.2) is 0 Å². The van der Waals surface area contributed by atoms with Crippen LogP contribution >= 0.6 is 0 Å². The molecule has 1 aliphatic heterocycles. The van der Waals surface area contributed by atoms with Crippen molar-refractivity contribution in [3.63, 3.8) is 0 Å². The zero-order valence-corrected chi connectivity index (χ0v) is 13.4. The Labute approximate surface area is 137 Å². The molecule has 3 rings (SSSR count). The molecule has 1 unspecified atom stereocenters. The molecule has 1 atom stereocenters. The number of aryl methyl sites for hydroxylation is 1. The lowest BCUT2D eigenvalue weighted by Crippen LogP contribution is -2.47. The zero-order valence-electron chi connectivity index (χ0n) is 13.4. The Morgan fingerprint density at radius 2 is 1.83 bits per heavy atom. The molecule has 5 nitrogen and oxygen atoms in total.